The van der Waals surface area contributed by atoms with E-state index in [1.165, 1.54) is 23.1 Å². The van der Waals surface area contributed by atoms with Crippen LogP contribution >= 0.6 is 0 Å². The van der Waals surface area contributed by atoms with Gasteiger partial charge < -0.3 is 25.7 Å². The Kier molecular flexibility index (Phi) is 10.9. The quantitative estimate of drug-likeness (QED) is 0.331. The average Bonchev–Trinajstić information content (AvgIpc) is 2.84. The number of carboxylic acids is 1. The van der Waals surface area contributed by atoms with E-state index in [1.54, 1.807) is 33.9 Å². The van der Waals surface area contributed by atoms with Gasteiger partial charge in [0.2, 0.25) is 5.91 Å². The second kappa shape index (κ2) is 13.6. The monoisotopic (exact) mass is 533 g/mol. The van der Waals surface area contributed by atoms with Crippen molar-refractivity contribution in [1.29, 1.82) is 0 Å². The summed E-state index contributed by atoms with van der Waals surface area (Å²) in [5, 5.41) is 25.1. The topological polar surface area (TPSA) is 136 Å². The van der Waals surface area contributed by atoms with Crippen LogP contribution in [0.5, 0.6) is 0 Å². The molecule has 0 spiro atoms. The van der Waals surface area contributed by atoms with Crippen molar-refractivity contribution in [3.05, 3.63) is 70.8 Å². The van der Waals surface area contributed by atoms with Crippen LogP contribution in [0.1, 0.15) is 53.5 Å². The van der Waals surface area contributed by atoms with Gasteiger partial charge in [-0.2, -0.15) is 0 Å². The van der Waals surface area contributed by atoms with Crippen LogP contribution in [-0.2, 0) is 16.0 Å². The van der Waals surface area contributed by atoms with E-state index in [9.17, 15) is 38.2 Å². The zero-order chi connectivity index (χ0) is 28.6. The van der Waals surface area contributed by atoms with E-state index < -0.39 is 59.9 Å². The van der Waals surface area contributed by atoms with E-state index in [0.717, 1.165) is 12.1 Å². The highest BCUT2D eigenvalue weighted by Gasteiger charge is 2.29. The molecule has 0 fully saturated rings. The lowest BCUT2D eigenvalue weighted by Crippen LogP contribution is -2.49. The first-order chi connectivity index (χ1) is 17.8. The van der Waals surface area contributed by atoms with Crippen LogP contribution in [0.3, 0.4) is 0 Å². The van der Waals surface area contributed by atoms with Crippen molar-refractivity contribution >= 4 is 23.7 Å². The Labute approximate surface area is 219 Å². The summed E-state index contributed by atoms with van der Waals surface area (Å²) in [5.74, 6) is -5.16. The number of aliphatic hydroxyl groups is 1. The average molecular weight is 534 g/mol. The summed E-state index contributed by atoms with van der Waals surface area (Å²) in [5.41, 5.74) is 0.476. The SMILES string of the molecule is CCN(C)C(=O)c1cccc(C(=O)N[C@@H](Cc2cc(F)cc(F)c2)[C@@H](O)CC(=O)N[C@H](C(=O)O)C(C)C)c1. The number of aliphatic carboxylic acids is 1. The van der Waals surface area contributed by atoms with Crippen LogP contribution in [0.2, 0.25) is 0 Å². The van der Waals surface area contributed by atoms with Crippen LogP contribution < -0.4 is 10.6 Å². The molecule has 0 heterocycles. The lowest BCUT2D eigenvalue weighted by molar-refractivity contribution is -0.143. The number of carbonyl (C=O) groups is 4. The van der Waals surface area contributed by atoms with Gasteiger partial charge >= 0.3 is 5.97 Å². The zero-order valence-electron chi connectivity index (χ0n) is 21.7. The molecule has 9 nitrogen and oxygen atoms in total. The number of rotatable bonds is 12. The van der Waals surface area contributed by atoms with Crippen molar-refractivity contribution in [2.45, 2.75) is 51.8 Å². The van der Waals surface area contributed by atoms with E-state index in [0.29, 0.717) is 12.6 Å². The number of nitrogens with zero attached hydrogens (tertiary/aromatic N) is 1. The highest BCUT2D eigenvalue weighted by atomic mass is 19.1. The van der Waals surface area contributed by atoms with E-state index in [2.05, 4.69) is 10.6 Å². The fraction of sp³-hybridized carbons (Fsp3) is 0.407. The summed E-state index contributed by atoms with van der Waals surface area (Å²) in [4.78, 5) is 50.9. The molecule has 3 atom stereocenters. The molecule has 3 amide bonds. The van der Waals surface area contributed by atoms with Gasteiger partial charge in [0.15, 0.2) is 0 Å². The highest BCUT2D eigenvalue weighted by molar-refractivity contribution is 5.99. The molecule has 0 radical (unpaired) electrons. The van der Waals surface area contributed by atoms with E-state index in [1.807, 2.05) is 0 Å². The minimum absolute atomic E-state index is 0.0955. The Hall–Kier alpha value is -3.86. The van der Waals surface area contributed by atoms with Crippen LogP contribution in [0, 0.1) is 17.6 Å². The van der Waals surface area contributed by atoms with Crippen molar-refractivity contribution < 1.29 is 38.2 Å². The van der Waals surface area contributed by atoms with Crippen LogP contribution in [0.25, 0.3) is 0 Å². The second-order valence-corrected chi connectivity index (χ2v) is 9.36. The van der Waals surface area contributed by atoms with Gasteiger partial charge in [-0.05, 0) is 55.2 Å². The van der Waals surface area contributed by atoms with E-state index >= 15 is 0 Å². The molecule has 206 valence electrons. The molecule has 2 rings (SSSR count). The smallest absolute Gasteiger partial charge is 0.326 e. The summed E-state index contributed by atoms with van der Waals surface area (Å²) in [6.45, 7) is 5.46. The van der Waals surface area contributed by atoms with E-state index in [-0.39, 0.29) is 29.0 Å². The predicted octanol–water partition coefficient (Wildman–Crippen LogP) is 2.37. The Morgan fingerprint density at radius 3 is 2.13 bits per heavy atom. The molecule has 0 aromatic heterocycles. The largest absolute Gasteiger partial charge is 0.480 e. The van der Waals surface area contributed by atoms with Gasteiger partial charge in [-0.15, -0.1) is 0 Å². The fourth-order valence-electron chi connectivity index (χ4n) is 3.75. The Morgan fingerprint density at radius 2 is 1.58 bits per heavy atom. The third-order valence-corrected chi connectivity index (χ3v) is 6.00. The summed E-state index contributed by atoms with van der Waals surface area (Å²) in [6, 6.07) is 6.26. The molecule has 2 aromatic rings. The molecule has 0 saturated carbocycles. The van der Waals surface area contributed by atoms with Crippen LogP contribution in [0.15, 0.2) is 42.5 Å². The second-order valence-electron chi connectivity index (χ2n) is 9.36. The fourth-order valence-corrected chi connectivity index (χ4v) is 3.75. The molecule has 0 unspecified atom stereocenters. The molecule has 0 aliphatic rings. The molecule has 4 N–H and O–H groups in total. The minimum atomic E-state index is -1.54. The van der Waals surface area contributed by atoms with Crippen molar-refractivity contribution in [2.75, 3.05) is 13.6 Å². The summed E-state index contributed by atoms with van der Waals surface area (Å²) in [7, 11) is 1.61. The molecule has 38 heavy (non-hydrogen) atoms. The maximum atomic E-state index is 13.8. The maximum absolute atomic E-state index is 13.8. The normalized spacial score (nSPS) is 13.4. The number of amides is 3. The van der Waals surface area contributed by atoms with E-state index in [4.69, 9.17) is 0 Å². The molecule has 2 aromatic carbocycles. The molecule has 0 aliphatic heterocycles. The van der Waals surface area contributed by atoms with Gasteiger partial charge in [-0.25, -0.2) is 13.6 Å². The number of hydrogen-bond acceptors (Lipinski definition) is 5. The first-order valence-corrected chi connectivity index (χ1v) is 12.1. The number of aliphatic hydroxyl groups excluding tert-OH is 1. The van der Waals surface area contributed by atoms with Gasteiger partial charge in [0.05, 0.1) is 18.6 Å². The molecular formula is C27H33F2N3O6. The Balaban J connectivity index is 2.28. The first kappa shape index (κ1) is 30.4. The summed E-state index contributed by atoms with van der Waals surface area (Å²) in [6.07, 6.45) is -2.36. The van der Waals surface area contributed by atoms with Crippen molar-refractivity contribution in [3.8, 4) is 0 Å². The minimum Gasteiger partial charge on any atom is -0.480 e. The highest BCUT2D eigenvalue weighted by Crippen LogP contribution is 2.15. The van der Waals surface area contributed by atoms with Gasteiger partial charge in [0.25, 0.3) is 11.8 Å². The summed E-state index contributed by atoms with van der Waals surface area (Å²) < 4.78 is 27.6. The molecular weight excluding hydrogens is 500 g/mol. The van der Waals surface area contributed by atoms with Gasteiger partial charge in [-0.1, -0.05) is 19.9 Å². The number of benzene rings is 2. The standard InChI is InChI=1S/C27H33F2N3O6/c1-5-32(4)26(36)18-8-6-7-17(12-18)25(35)30-21(11-16-9-19(28)13-20(29)10-16)22(33)14-23(34)31-24(15(2)3)27(37)38/h6-10,12-13,15,21-22,24,33H,5,11,14H2,1-4H3,(H,30,35)(H,31,34)(H,37,38)/t21-,22-,24-/m0/s1. The molecule has 0 aliphatic carbocycles. The maximum Gasteiger partial charge on any atom is 0.326 e. The lowest BCUT2D eigenvalue weighted by Gasteiger charge is -2.25. The Morgan fingerprint density at radius 1 is 0.974 bits per heavy atom. The predicted molar refractivity (Wildman–Crippen MR) is 135 cm³/mol. The third kappa shape index (κ3) is 8.62. The molecule has 0 saturated heterocycles. The molecule has 0 bridgehead atoms. The zero-order valence-corrected chi connectivity index (χ0v) is 21.7. The van der Waals surface area contributed by atoms with Gasteiger partial charge in [0, 0.05) is 30.8 Å². The molecule has 11 heteroatoms. The lowest BCUT2D eigenvalue weighted by atomic mass is 9.97. The Bertz CT molecular complexity index is 1150. The number of nitrogens with one attached hydrogen (secondary N) is 2. The van der Waals surface area contributed by atoms with Crippen molar-refractivity contribution in [2.24, 2.45) is 5.92 Å². The number of hydrogen-bond donors (Lipinski definition) is 4. The van der Waals surface area contributed by atoms with Crippen molar-refractivity contribution in [3.63, 3.8) is 0 Å². The number of halogens is 2. The van der Waals surface area contributed by atoms with Crippen LogP contribution in [0.4, 0.5) is 8.78 Å². The van der Waals surface area contributed by atoms with Gasteiger partial charge in [-0.3, -0.25) is 14.4 Å². The van der Waals surface area contributed by atoms with Crippen molar-refractivity contribution in [1.82, 2.24) is 15.5 Å². The number of carboxylic acid groups (broad SMARTS) is 1. The first-order valence-electron chi connectivity index (χ1n) is 12.1. The summed E-state index contributed by atoms with van der Waals surface area (Å²) >= 11 is 0. The number of carbonyl (C=O) groups excluding carboxylic acids is 3. The van der Waals surface area contributed by atoms with Crippen LogP contribution in [-0.4, -0.2) is 70.6 Å². The van der Waals surface area contributed by atoms with Gasteiger partial charge in [0.1, 0.15) is 17.7 Å². The third-order valence-electron chi connectivity index (χ3n) is 6.00.